The predicted octanol–water partition coefficient (Wildman–Crippen LogP) is 4.53. The summed E-state index contributed by atoms with van der Waals surface area (Å²) in [5, 5.41) is 0.687. The van der Waals surface area contributed by atoms with Crippen LogP contribution in [0.4, 0.5) is 5.69 Å². The zero-order valence-corrected chi connectivity index (χ0v) is 16.3. The molecule has 0 bridgehead atoms. The Morgan fingerprint density at radius 3 is 2.57 bits per heavy atom. The van der Waals surface area contributed by atoms with Crippen LogP contribution in [-0.4, -0.2) is 19.9 Å². The SMILES string of the molecule is CC(c1ccccc1)S(=O)C1=Nc2cc3c(cc2C1)CN=C3c1ccncc1. The molecule has 138 valence electrons. The number of hydrogen-bond acceptors (Lipinski definition) is 4. The first-order valence-corrected chi connectivity index (χ1v) is 10.6. The van der Waals surface area contributed by atoms with Gasteiger partial charge < -0.3 is 0 Å². The van der Waals surface area contributed by atoms with E-state index in [1.807, 2.05) is 49.4 Å². The van der Waals surface area contributed by atoms with Crippen molar-refractivity contribution in [3.8, 4) is 0 Å². The summed E-state index contributed by atoms with van der Waals surface area (Å²) in [6, 6.07) is 18.2. The third-order valence-electron chi connectivity index (χ3n) is 5.33. The molecule has 2 atom stereocenters. The van der Waals surface area contributed by atoms with Crippen LogP contribution in [0.3, 0.4) is 0 Å². The average Bonchev–Trinajstić information content (AvgIpc) is 3.35. The molecule has 0 radical (unpaired) electrons. The van der Waals surface area contributed by atoms with E-state index in [9.17, 15) is 4.21 Å². The van der Waals surface area contributed by atoms with Gasteiger partial charge in [0.05, 0.1) is 34.0 Å². The van der Waals surface area contributed by atoms with E-state index < -0.39 is 10.8 Å². The van der Waals surface area contributed by atoms with Gasteiger partial charge in [-0.15, -0.1) is 0 Å². The molecule has 0 saturated carbocycles. The zero-order valence-electron chi connectivity index (χ0n) is 15.5. The summed E-state index contributed by atoms with van der Waals surface area (Å²) in [5.74, 6) is 0. The Hall–Kier alpha value is -2.92. The van der Waals surface area contributed by atoms with Gasteiger partial charge in [0.1, 0.15) is 5.04 Å². The standard InChI is InChI=1S/C23H19N3OS/c1-15(16-5-3-2-4-6-16)28(27)22-12-18-11-19-14-25-23(17-7-9-24-10-8-17)20(19)13-21(18)26-22/h2-11,13,15H,12,14H2,1H3. The van der Waals surface area contributed by atoms with Crippen molar-refractivity contribution in [2.24, 2.45) is 9.98 Å². The zero-order chi connectivity index (χ0) is 19.1. The third kappa shape index (κ3) is 2.92. The van der Waals surface area contributed by atoms with Crippen LogP contribution in [-0.2, 0) is 23.8 Å². The van der Waals surface area contributed by atoms with E-state index in [0.717, 1.165) is 38.7 Å². The molecule has 0 N–H and O–H groups in total. The van der Waals surface area contributed by atoms with Crippen LogP contribution in [0, 0.1) is 0 Å². The van der Waals surface area contributed by atoms with Crippen LogP contribution in [0.25, 0.3) is 0 Å². The number of aliphatic imine (C=N–C) groups is 2. The molecule has 0 fully saturated rings. The lowest BCUT2D eigenvalue weighted by Gasteiger charge is -2.11. The molecule has 0 saturated heterocycles. The third-order valence-corrected chi connectivity index (χ3v) is 6.94. The minimum atomic E-state index is -1.15. The lowest BCUT2D eigenvalue weighted by atomic mass is 9.97. The summed E-state index contributed by atoms with van der Waals surface area (Å²) in [6.07, 6.45) is 4.22. The van der Waals surface area contributed by atoms with Gasteiger partial charge in [0, 0.05) is 29.9 Å². The molecule has 1 aromatic heterocycles. The van der Waals surface area contributed by atoms with Crippen molar-refractivity contribution in [1.82, 2.24) is 4.98 Å². The molecule has 0 aliphatic carbocycles. The van der Waals surface area contributed by atoms with Crippen LogP contribution >= 0.6 is 0 Å². The van der Waals surface area contributed by atoms with E-state index in [2.05, 4.69) is 17.1 Å². The van der Waals surface area contributed by atoms with Gasteiger partial charge in [-0.25, -0.2) is 4.99 Å². The molecule has 5 rings (SSSR count). The molecule has 2 aliphatic rings. The highest BCUT2D eigenvalue weighted by Crippen LogP contribution is 2.36. The topological polar surface area (TPSA) is 54.7 Å². The van der Waals surface area contributed by atoms with E-state index >= 15 is 0 Å². The van der Waals surface area contributed by atoms with Gasteiger partial charge in [0.2, 0.25) is 0 Å². The number of fused-ring (bicyclic) bond motifs is 2. The molecular formula is C23H19N3OS. The largest absolute Gasteiger partial charge is 0.279 e. The lowest BCUT2D eigenvalue weighted by Crippen LogP contribution is -2.13. The van der Waals surface area contributed by atoms with Gasteiger partial charge in [-0.05, 0) is 41.8 Å². The van der Waals surface area contributed by atoms with Gasteiger partial charge in [0.25, 0.3) is 0 Å². The average molecular weight is 385 g/mol. The minimum absolute atomic E-state index is 0.0740. The Labute approximate surface area is 166 Å². The van der Waals surface area contributed by atoms with Gasteiger partial charge in [-0.3, -0.25) is 14.2 Å². The summed E-state index contributed by atoms with van der Waals surface area (Å²) in [6.45, 7) is 2.68. The van der Waals surface area contributed by atoms with E-state index in [0.29, 0.717) is 13.0 Å². The highest BCUT2D eigenvalue weighted by Gasteiger charge is 2.27. The molecule has 0 spiro atoms. The maximum Gasteiger partial charge on any atom is 0.110 e. The van der Waals surface area contributed by atoms with Crippen molar-refractivity contribution in [2.45, 2.75) is 25.1 Å². The second kappa shape index (κ2) is 6.91. The maximum absolute atomic E-state index is 13.1. The Kier molecular flexibility index (Phi) is 4.24. The molecule has 0 amide bonds. The van der Waals surface area contributed by atoms with Crippen molar-refractivity contribution >= 4 is 27.2 Å². The molecule has 2 aromatic carbocycles. The van der Waals surface area contributed by atoms with Crippen molar-refractivity contribution < 1.29 is 4.21 Å². The smallest absolute Gasteiger partial charge is 0.110 e. The number of rotatable bonds is 3. The van der Waals surface area contributed by atoms with Crippen LogP contribution in [0.5, 0.6) is 0 Å². The summed E-state index contributed by atoms with van der Waals surface area (Å²) in [5.41, 5.74) is 7.54. The number of pyridine rings is 1. The first-order chi connectivity index (χ1) is 13.7. The molecular weight excluding hydrogens is 366 g/mol. The fraction of sp³-hybridized carbons (Fsp3) is 0.174. The monoisotopic (exact) mass is 385 g/mol. The second-order valence-corrected chi connectivity index (χ2v) is 8.84. The van der Waals surface area contributed by atoms with Crippen LogP contribution in [0.2, 0.25) is 0 Å². The van der Waals surface area contributed by atoms with Gasteiger partial charge in [-0.2, -0.15) is 0 Å². The van der Waals surface area contributed by atoms with Gasteiger partial charge in [-0.1, -0.05) is 36.4 Å². The molecule has 2 aliphatic heterocycles. The summed E-state index contributed by atoms with van der Waals surface area (Å²) in [4.78, 5) is 13.6. The number of hydrogen-bond donors (Lipinski definition) is 0. The highest BCUT2D eigenvalue weighted by atomic mass is 32.2. The van der Waals surface area contributed by atoms with Gasteiger partial charge >= 0.3 is 0 Å². The highest BCUT2D eigenvalue weighted by molar-refractivity contribution is 8.00. The normalized spacial score (nSPS) is 16.8. The fourth-order valence-electron chi connectivity index (χ4n) is 3.79. The lowest BCUT2D eigenvalue weighted by molar-refractivity contribution is 0.683. The molecule has 3 aromatic rings. The van der Waals surface area contributed by atoms with Crippen LogP contribution in [0.15, 0.2) is 77.0 Å². The first kappa shape index (κ1) is 17.2. The van der Waals surface area contributed by atoms with Crippen LogP contribution in [0.1, 0.15) is 40.0 Å². The molecule has 5 heteroatoms. The molecule has 4 nitrogen and oxygen atoms in total. The van der Waals surface area contributed by atoms with Crippen molar-refractivity contribution in [3.63, 3.8) is 0 Å². The van der Waals surface area contributed by atoms with E-state index in [4.69, 9.17) is 9.98 Å². The number of aromatic nitrogens is 1. The van der Waals surface area contributed by atoms with Crippen molar-refractivity contribution in [1.29, 1.82) is 0 Å². The Morgan fingerprint density at radius 2 is 1.79 bits per heavy atom. The van der Waals surface area contributed by atoms with Crippen molar-refractivity contribution in [3.05, 3.63) is 94.8 Å². The number of benzene rings is 2. The summed E-state index contributed by atoms with van der Waals surface area (Å²) in [7, 11) is -1.15. The van der Waals surface area contributed by atoms with Crippen LogP contribution < -0.4 is 0 Å². The minimum Gasteiger partial charge on any atom is -0.279 e. The fourth-order valence-corrected chi connectivity index (χ4v) is 5.09. The molecule has 3 heterocycles. The van der Waals surface area contributed by atoms with Crippen molar-refractivity contribution in [2.75, 3.05) is 0 Å². The molecule has 2 unspecified atom stereocenters. The maximum atomic E-state index is 13.1. The van der Waals surface area contributed by atoms with E-state index in [1.165, 1.54) is 5.56 Å². The Balaban J connectivity index is 1.45. The molecule has 28 heavy (non-hydrogen) atoms. The summed E-state index contributed by atoms with van der Waals surface area (Å²) < 4.78 is 13.1. The van der Waals surface area contributed by atoms with E-state index in [1.54, 1.807) is 12.4 Å². The quantitative estimate of drug-likeness (QED) is 0.665. The Morgan fingerprint density at radius 1 is 1.00 bits per heavy atom. The second-order valence-electron chi connectivity index (χ2n) is 7.07. The van der Waals surface area contributed by atoms with E-state index in [-0.39, 0.29) is 5.25 Å². The predicted molar refractivity (Wildman–Crippen MR) is 114 cm³/mol. The number of nitrogens with zero attached hydrogens (tertiary/aromatic N) is 3. The Bertz CT molecular complexity index is 1140. The first-order valence-electron chi connectivity index (χ1n) is 9.35. The van der Waals surface area contributed by atoms with Gasteiger partial charge in [0.15, 0.2) is 0 Å². The summed E-state index contributed by atoms with van der Waals surface area (Å²) >= 11 is 0.